The molecule has 1 aliphatic rings. The monoisotopic (exact) mass is 343 g/mol. The third-order valence-corrected chi connectivity index (χ3v) is 4.61. The number of hydrogen-bond donors (Lipinski definition) is 1. The average Bonchev–Trinajstić information content (AvgIpc) is 2.53. The van der Waals surface area contributed by atoms with Crippen molar-refractivity contribution >= 4 is 27.1 Å². The standard InChI is InChI=1S/C16H13N3O4S/c1-9-3-5-10(6-4-9)19-13-14(20)11-12(18-8-7-17-11)15(21)16(13)24(2,22)23/h3-8,19H,1-2H3. The van der Waals surface area contributed by atoms with Crippen LogP contribution < -0.4 is 5.32 Å². The number of sulfone groups is 1. The number of nitrogens with zero attached hydrogens (tertiary/aromatic N) is 2. The van der Waals surface area contributed by atoms with E-state index in [1.807, 2.05) is 6.92 Å². The van der Waals surface area contributed by atoms with Gasteiger partial charge in [0, 0.05) is 24.3 Å². The van der Waals surface area contributed by atoms with E-state index in [9.17, 15) is 18.0 Å². The van der Waals surface area contributed by atoms with Gasteiger partial charge in [-0.05, 0) is 19.1 Å². The number of nitrogens with one attached hydrogen (secondary N) is 1. The normalized spacial score (nSPS) is 14.6. The molecule has 1 N–H and O–H groups in total. The van der Waals surface area contributed by atoms with Crippen LogP contribution in [-0.2, 0) is 9.84 Å². The van der Waals surface area contributed by atoms with Gasteiger partial charge in [0.15, 0.2) is 9.84 Å². The summed E-state index contributed by atoms with van der Waals surface area (Å²) >= 11 is 0. The van der Waals surface area contributed by atoms with Gasteiger partial charge in [-0.25, -0.2) is 18.4 Å². The van der Waals surface area contributed by atoms with Crippen molar-refractivity contribution in [1.82, 2.24) is 9.97 Å². The number of fused-ring (bicyclic) bond motifs is 1. The molecule has 8 heteroatoms. The lowest BCUT2D eigenvalue weighted by atomic mass is 10.0. The maximum absolute atomic E-state index is 12.7. The maximum Gasteiger partial charge on any atom is 0.231 e. The molecule has 0 spiro atoms. The largest absolute Gasteiger partial charge is 0.351 e. The highest BCUT2D eigenvalue weighted by Crippen LogP contribution is 2.28. The number of carbonyl (C=O) groups is 2. The number of ketones is 2. The second-order valence-corrected chi connectivity index (χ2v) is 7.33. The van der Waals surface area contributed by atoms with Crippen LogP contribution in [0.2, 0.25) is 0 Å². The summed E-state index contributed by atoms with van der Waals surface area (Å²) in [4.78, 5) is 32.3. The molecule has 0 aliphatic heterocycles. The van der Waals surface area contributed by atoms with Crippen molar-refractivity contribution in [2.45, 2.75) is 6.92 Å². The fourth-order valence-electron chi connectivity index (χ4n) is 2.36. The molecule has 0 saturated heterocycles. The van der Waals surface area contributed by atoms with Gasteiger partial charge in [-0.2, -0.15) is 0 Å². The van der Waals surface area contributed by atoms with Crippen LogP contribution in [0.4, 0.5) is 5.69 Å². The van der Waals surface area contributed by atoms with E-state index in [-0.39, 0.29) is 17.1 Å². The molecular formula is C16H13N3O4S. The maximum atomic E-state index is 12.7. The molecule has 24 heavy (non-hydrogen) atoms. The van der Waals surface area contributed by atoms with Crippen LogP contribution in [0.1, 0.15) is 26.5 Å². The van der Waals surface area contributed by atoms with E-state index in [2.05, 4.69) is 15.3 Å². The minimum atomic E-state index is -3.95. The van der Waals surface area contributed by atoms with Crippen molar-refractivity contribution in [1.29, 1.82) is 0 Å². The second-order valence-electron chi connectivity index (χ2n) is 5.38. The first-order chi connectivity index (χ1) is 11.3. The summed E-state index contributed by atoms with van der Waals surface area (Å²) in [5.41, 5.74) is 0.770. The minimum absolute atomic E-state index is 0.162. The highest BCUT2D eigenvalue weighted by molar-refractivity contribution is 7.95. The lowest BCUT2D eigenvalue weighted by Gasteiger charge is -2.19. The molecule has 2 aromatic rings. The third-order valence-electron chi connectivity index (χ3n) is 3.48. The van der Waals surface area contributed by atoms with Gasteiger partial charge in [-0.1, -0.05) is 17.7 Å². The predicted octanol–water partition coefficient (Wildman–Crippen LogP) is 1.53. The first-order valence-corrected chi connectivity index (χ1v) is 8.86. The van der Waals surface area contributed by atoms with Gasteiger partial charge in [0.25, 0.3) is 0 Å². The predicted molar refractivity (Wildman–Crippen MR) is 87.4 cm³/mol. The van der Waals surface area contributed by atoms with Crippen molar-refractivity contribution < 1.29 is 18.0 Å². The van der Waals surface area contributed by atoms with Crippen LogP contribution in [0.5, 0.6) is 0 Å². The van der Waals surface area contributed by atoms with Crippen LogP contribution in [0.3, 0.4) is 0 Å². The fraction of sp³-hybridized carbons (Fsp3) is 0.125. The molecule has 7 nitrogen and oxygen atoms in total. The summed E-state index contributed by atoms with van der Waals surface area (Å²) in [6.07, 6.45) is 3.40. The Hall–Kier alpha value is -2.87. The van der Waals surface area contributed by atoms with E-state index in [1.165, 1.54) is 12.4 Å². The smallest absolute Gasteiger partial charge is 0.231 e. The van der Waals surface area contributed by atoms with Crippen molar-refractivity contribution in [2.24, 2.45) is 0 Å². The fourth-order valence-corrected chi connectivity index (χ4v) is 3.31. The Kier molecular flexibility index (Phi) is 3.76. The van der Waals surface area contributed by atoms with E-state index in [4.69, 9.17) is 0 Å². The van der Waals surface area contributed by atoms with Crippen LogP contribution in [0, 0.1) is 6.92 Å². The van der Waals surface area contributed by atoms with Crippen LogP contribution >= 0.6 is 0 Å². The van der Waals surface area contributed by atoms with Gasteiger partial charge >= 0.3 is 0 Å². The average molecular weight is 343 g/mol. The summed E-state index contributed by atoms with van der Waals surface area (Å²) in [7, 11) is -3.95. The van der Waals surface area contributed by atoms with E-state index in [0.29, 0.717) is 5.69 Å². The number of rotatable bonds is 3. The molecule has 0 amide bonds. The molecule has 0 radical (unpaired) electrons. The van der Waals surface area contributed by atoms with Gasteiger partial charge in [0.05, 0.1) is 0 Å². The Morgan fingerprint density at radius 1 is 0.917 bits per heavy atom. The molecule has 3 rings (SSSR count). The number of anilines is 1. The molecule has 0 atom stereocenters. The topological polar surface area (TPSA) is 106 Å². The molecule has 1 heterocycles. The number of allylic oxidation sites excluding steroid dienone is 2. The zero-order chi connectivity index (χ0) is 17.5. The van der Waals surface area contributed by atoms with E-state index >= 15 is 0 Å². The number of aryl methyl sites for hydroxylation is 1. The zero-order valence-electron chi connectivity index (χ0n) is 12.9. The van der Waals surface area contributed by atoms with Gasteiger partial charge in [-0.15, -0.1) is 0 Å². The Bertz CT molecular complexity index is 992. The number of hydrogen-bond acceptors (Lipinski definition) is 7. The Labute approximate surface area is 138 Å². The summed E-state index contributed by atoms with van der Waals surface area (Å²) in [6, 6.07) is 6.97. The molecule has 1 aromatic carbocycles. The second kappa shape index (κ2) is 5.64. The Morgan fingerprint density at radius 2 is 1.46 bits per heavy atom. The van der Waals surface area contributed by atoms with E-state index in [0.717, 1.165) is 11.8 Å². The van der Waals surface area contributed by atoms with E-state index in [1.54, 1.807) is 24.3 Å². The van der Waals surface area contributed by atoms with Crippen LogP contribution in [-0.4, -0.2) is 36.2 Å². The molecule has 0 fully saturated rings. The van der Waals surface area contributed by atoms with Crippen molar-refractivity contribution in [3.05, 3.63) is 64.2 Å². The Balaban J connectivity index is 2.19. The summed E-state index contributed by atoms with van der Waals surface area (Å²) in [5.74, 6) is -1.52. The van der Waals surface area contributed by atoms with Crippen molar-refractivity contribution in [3.8, 4) is 0 Å². The lowest BCUT2D eigenvalue weighted by molar-refractivity contribution is 0.0974. The number of aromatic nitrogens is 2. The summed E-state index contributed by atoms with van der Waals surface area (Å²) in [6.45, 7) is 1.89. The molecule has 1 aliphatic carbocycles. The van der Waals surface area contributed by atoms with Gasteiger partial charge in [-0.3, -0.25) is 9.59 Å². The molecule has 1 aromatic heterocycles. The number of benzene rings is 1. The van der Waals surface area contributed by atoms with Crippen molar-refractivity contribution in [2.75, 3.05) is 11.6 Å². The first kappa shape index (κ1) is 16.0. The molecular weight excluding hydrogens is 330 g/mol. The molecule has 0 unspecified atom stereocenters. The number of carbonyl (C=O) groups excluding carboxylic acids is 2. The summed E-state index contributed by atoms with van der Waals surface area (Å²) < 4.78 is 24.2. The lowest BCUT2D eigenvalue weighted by Crippen LogP contribution is -2.31. The minimum Gasteiger partial charge on any atom is -0.351 e. The highest BCUT2D eigenvalue weighted by Gasteiger charge is 2.39. The summed E-state index contributed by atoms with van der Waals surface area (Å²) in [5, 5.41) is 2.75. The third kappa shape index (κ3) is 2.71. The first-order valence-electron chi connectivity index (χ1n) is 6.97. The van der Waals surface area contributed by atoms with Gasteiger partial charge in [0.2, 0.25) is 11.6 Å². The van der Waals surface area contributed by atoms with Gasteiger partial charge < -0.3 is 5.32 Å². The number of Topliss-reactive ketones (excluding diaryl/α,β-unsaturated/α-hetero) is 2. The Morgan fingerprint density at radius 3 is 2.00 bits per heavy atom. The van der Waals surface area contributed by atoms with Crippen molar-refractivity contribution in [3.63, 3.8) is 0 Å². The quantitative estimate of drug-likeness (QED) is 0.900. The zero-order valence-corrected chi connectivity index (χ0v) is 13.7. The van der Waals surface area contributed by atoms with Crippen LogP contribution in [0.15, 0.2) is 47.3 Å². The molecule has 122 valence electrons. The van der Waals surface area contributed by atoms with Crippen LogP contribution in [0.25, 0.3) is 0 Å². The van der Waals surface area contributed by atoms with Gasteiger partial charge in [0.1, 0.15) is 22.0 Å². The molecule has 0 saturated carbocycles. The SMILES string of the molecule is Cc1ccc(NC2=C(S(C)(=O)=O)C(=O)c3nccnc3C2=O)cc1. The highest BCUT2D eigenvalue weighted by atomic mass is 32.2. The molecule has 0 bridgehead atoms. The van der Waals surface area contributed by atoms with E-state index < -0.39 is 26.3 Å².